The van der Waals surface area contributed by atoms with Crippen molar-refractivity contribution < 1.29 is 0 Å². The maximum absolute atomic E-state index is 3.93. The summed E-state index contributed by atoms with van der Waals surface area (Å²) in [5.41, 5.74) is 2.24. The highest BCUT2D eigenvalue weighted by atomic mass is 15.1. The van der Waals surface area contributed by atoms with Gasteiger partial charge >= 0.3 is 0 Å². The van der Waals surface area contributed by atoms with E-state index in [9.17, 15) is 0 Å². The Bertz CT molecular complexity index is 340. The second kappa shape index (κ2) is 4.27. The average Bonchev–Trinajstić information content (AvgIpc) is 2.91. The van der Waals surface area contributed by atoms with Crippen LogP contribution in [0.25, 0.3) is 0 Å². The van der Waals surface area contributed by atoms with Crippen LogP contribution in [0.1, 0.15) is 37.2 Å². The van der Waals surface area contributed by atoms with E-state index in [2.05, 4.69) is 39.6 Å². The lowest BCUT2D eigenvalue weighted by Crippen LogP contribution is -2.22. The number of hydrogen-bond donors (Lipinski definition) is 3. The topological polar surface area (TPSA) is 69.4 Å². The van der Waals surface area contributed by atoms with Crippen molar-refractivity contribution in [2.24, 2.45) is 0 Å². The number of nitrogens with one attached hydrogen (secondary N) is 3. The Morgan fingerprint density at radius 3 is 2.73 bits per heavy atom. The molecule has 2 unspecified atom stereocenters. The molecule has 2 heterocycles. The molecule has 2 atom stereocenters. The highest BCUT2D eigenvalue weighted by Crippen LogP contribution is 2.16. The lowest BCUT2D eigenvalue weighted by molar-refractivity contribution is 0.486. The normalized spacial score (nSPS) is 15.1. The van der Waals surface area contributed by atoms with Gasteiger partial charge < -0.3 is 5.32 Å². The van der Waals surface area contributed by atoms with Crippen molar-refractivity contribution in [1.29, 1.82) is 0 Å². The largest absolute Gasteiger partial charge is 0.302 e. The monoisotopic (exact) mass is 205 g/mol. The molecule has 0 fully saturated rings. The number of hydrogen-bond acceptors (Lipinski definition) is 3. The molecule has 2 rings (SSSR count). The van der Waals surface area contributed by atoms with Gasteiger partial charge in [-0.15, -0.1) is 0 Å². The van der Waals surface area contributed by atoms with Crippen molar-refractivity contribution in [3.8, 4) is 0 Å². The molecule has 0 saturated heterocycles. The van der Waals surface area contributed by atoms with E-state index in [4.69, 9.17) is 0 Å². The van der Waals surface area contributed by atoms with Crippen LogP contribution < -0.4 is 5.32 Å². The van der Waals surface area contributed by atoms with Crippen molar-refractivity contribution in [2.45, 2.75) is 25.9 Å². The van der Waals surface area contributed by atoms with Gasteiger partial charge in [-0.2, -0.15) is 10.2 Å². The van der Waals surface area contributed by atoms with Gasteiger partial charge in [0.1, 0.15) is 0 Å². The van der Waals surface area contributed by atoms with E-state index in [0.717, 1.165) is 11.3 Å². The summed E-state index contributed by atoms with van der Waals surface area (Å²) in [5.74, 6) is 0. The van der Waals surface area contributed by atoms with Gasteiger partial charge in [-0.05, 0) is 19.9 Å². The van der Waals surface area contributed by atoms with Crippen LogP contribution in [0.3, 0.4) is 0 Å². The van der Waals surface area contributed by atoms with Crippen LogP contribution in [0.4, 0.5) is 0 Å². The summed E-state index contributed by atoms with van der Waals surface area (Å²) >= 11 is 0. The summed E-state index contributed by atoms with van der Waals surface area (Å²) < 4.78 is 0. The molecule has 5 heteroatoms. The molecule has 3 N–H and O–H groups in total. The quantitative estimate of drug-likeness (QED) is 0.709. The summed E-state index contributed by atoms with van der Waals surface area (Å²) in [4.78, 5) is 0. The zero-order valence-corrected chi connectivity index (χ0v) is 8.86. The van der Waals surface area contributed by atoms with E-state index in [-0.39, 0.29) is 12.1 Å². The van der Waals surface area contributed by atoms with E-state index in [1.54, 1.807) is 6.20 Å². The molecular weight excluding hydrogens is 190 g/mol. The first-order chi connectivity index (χ1) is 7.27. The SMILES string of the molecule is CC(NC(C)c1ccn[nH]1)c1cn[nH]c1. The van der Waals surface area contributed by atoms with E-state index in [1.807, 2.05) is 18.5 Å². The fraction of sp³-hybridized carbons (Fsp3) is 0.400. The Balaban J connectivity index is 1.98. The standard InChI is InChI=1S/C10H15N5/c1-7(9-5-12-13-6-9)14-8(2)10-3-4-11-15-10/h3-8,14H,1-2H3,(H,11,15)(H,12,13). The lowest BCUT2D eigenvalue weighted by Gasteiger charge is -2.17. The lowest BCUT2D eigenvalue weighted by atomic mass is 10.1. The minimum absolute atomic E-state index is 0.248. The number of aromatic nitrogens is 4. The predicted molar refractivity (Wildman–Crippen MR) is 57.1 cm³/mol. The molecule has 5 nitrogen and oxygen atoms in total. The second-order valence-electron chi connectivity index (χ2n) is 3.65. The molecule has 0 aliphatic carbocycles. The van der Waals surface area contributed by atoms with Crippen LogP contribution in [0.15, 0.2) is 24.7 Å². The zero-order valence-electron chi connectivity index (χ0n) is 8.86. The molecule has 0 amide bonds. The molecule has 0 bridgehead atoms. The molecule has 0 aliphatic rings. The van der Waals surface area contributed by atoms with Gasteiger partial charge in [0, 0.05) is 30.0 Å². The third kappa shape index (κ3) is 2.24. The Morgan fingerprint density at radius 2 is 2.13 bits per heavy atom. The average molecular weight is 205 g/mol. The number of nitrogens with zero attached hydrogens (tertiary/aromatic N) is 2. The zero-order chi connectivity index (χ0) is 10.7. The Kier molecular flexibility index (Phi) is 2.82. The molecule has 0 spiro atoms. The van der Waals surface area contributed by atoms with Crippen LogP contribution in [-0.4, -0.2) is 20.4 Å². The van der Waals surface area contributed by atoms with Gasteiger partial charge in [-0.25, -0.2) is 0 Å². The summed E-state index contributed by atoms with van der Waals surface area (Å²) in [6, 6.07) is 2.49. The van der Waals surface area contributed by atoms with Gasteiger partial charge in [0.15, 0.2) is 0 Å². The summed E-state index contributed by atoms with van der Waals surface area (Å²) in [7, 11) is 0. The number of H-pyrrole nitrogens is 2. The molecule has 2 aromatic rings. The maximum Gasteiger partial charge on any atom is 0.0534 e. The van der Waals surface area contributed by atoms with E-state index >= 15 is 0 Å². The molecule has 0 aromatic carbocycles. The molecule has 15 heavy (non-hydrogen) atoms. The first-order valence-electron chi connectivity index (χ1n) is 5.01. The van der Waals surface area contributed by atoms with Crippen molar-refractivity contribution in [3.63, 3.8) is 0 Å². The van der Waals surface area contributed by atoms with E-state index in [1.165, 1.54) is 0 Å². The van der Waals surface area contributed by atoms with Gasteiger partial charge in [0.25, 0.3) is 0 Å². The summed E-state index contributed by atoms with van der Waals surface area (Å²) in [6.45, 7) is 4.21. The molecule has 2 aromatic heterocycles. The first-order valence-corrected chi connectivity index (χ1v) is 5.01. The van der Waals surface area contributed by atoms with Crippen molar-refractivity contribution in [1.82, 2.24) is 25.7 Å². The van der Waals surface area contributed by atoms with E-state index in [0.29, 0.717) is 0 Å². The van der Waals surface area contributed by atoms with Crippen LogP contribution >= 0.6 is 0 Å². The summed E-state index contributed by atoms with van der Waals surface area (Å²) in [6.07, 6.45) is 5.49. The Hall–Kier alpha value is -1.62. The molecule has 0 radical (unpaired) electrons. The second-order valence-corrected chi connectivity index (χ2v) is 3.65. The number of rotatable bonds is 4. The Morgan fingerprint density at radius 1 is 1.27 bits per heavy atom. The fourth-order valence-corrected chi connectivity index (χ4v) is 1.57. The number of aromatic amines is 2. The van der Waals surface area contributed by atoms with Gasteiger partial charge in [0.2, 0.25) is 0 Å². The highest BCUT2D eigenvalue weighted by molar-refractivity contribution is 5.10. The van der Waals surface area contributed by atoms with Gasteiger partial charge in [0.05, 0.1) is 11.9 Å². The fourth-order valence-electron chi connectivity index (χ4n) is 1.57. The molecular formula is C10H15N5. The van der Waals surface area contributed by atoms with E-state index < -0.39 is 0 Å². The van der Waals surface area contributed by atoms with Crippen LogP contribution in [0.2, 0.25) is 0 Å². The minimum atomic E-state index is 0.248. The van der Waals surface area contributed by atoms with Gasteiger partial charge in [-0.3, -0.25) is 10.2 Å². The molecule has 80 valence electrons. The van der Waals surface area contributed by atoms with Gasteiger partial charge in [-0.1, -0.05) is 0 Å². The van der Waals surface area contributed by atoms with Crippen molar-refractivity contribution in [2.75, 3.05) is 0 Å². The highest BCUT2D eigenvalue weighted by Gasteiger charge is 2.12. The van der Waals surface area contributed by atoms with Crippen LogP contribution in [-0.2, 0) is 0 Å². The maximum atomic E-state index is 3.93. The predicted octanol–water partition coefficient (Wildman–Crippen LogP) is 1.54. The molecule has 0 saturated carbocycles. The molecule has 0 aliphatic heterocycles. The van der Waals surface area contributed by atoms with Crippen LogP contribution in [0, 0.1) is 0 Å². The minimum Gasteiger partial charge on any atom is -0.302 e. The third-order valence-corrected chi connectivity index (χ3v) is 2.51. The first kappa shape index (κ1) is 9.92. The van der Waals surface area contributed by atoms with Crippen LogP contribution in [0.5, 0.6) is 0 Å². The van der Waals surface area contributed by atoms with Crippen molar-refractivity contribution >= 4 is 0 Å². The smallest absolute Gasteiger partial charge is 0.0534 e. The Labute approximate surface area is 88.3 Å². The van der Waals surface area contributed by atoms with Crippen molar-refractivity contribution in [3.05, 3.63) is 35.9 Å². The third-order valence-electron chi connectivity index (χ3n) is 2.51. The summed E-state index contributed by atoms with van der Waals surface area (Å²) in [5, 5.41) is 17.1.